The van der Waals surface area contributed by atoms with Gasteiger partial charge in [-0.15, -0.1) is 0 Å². The van der Waals surface area contributed by atoms with Gasteiger partial charge in [0.1, 0.15) is 5.75 Å². The molecule has 0 unspecified atom stereocenters. The molecule has 0 saturated heterocycles. The summed E-state index contributed by atoms with van der Waals surface area (Å²) in [5.74, 6) is 0.950. The molecule has 107 valence electrons. The first-order valence-corrected chi connectivity index (χ1v) is 7.79. The predicted molar refractivity (Wildman–Crippen MR) is 83.6 cm³/mol. The zero-order chi connectivity index (χ0) is 13.8. The van der Waals surface area contributed by atoms with Crippen molar-refractivity contribution in [2.45, 2.75) is 64.2 Å². The van der Waals surface area contributed by atoms with Crippen LogP contribution < -0.4 is 4.74 Å². The lowest BCUT2D eigenvalue weighted by molar-refractivity contribution is 0.414. The molecule has 1 rings (SSSR count). The van der Waals surface area contributed by atoms with Crippen LogP contribution in [0.25, 0.3) is 0 Å². The van der Waals surface area contributed by atoms with Crippen LogP contribution in [0, 0.1) is 6.92 Å². The van der Waals surface area contributed by atoms with E-state index in [1.807, 2.05) is 0 Å². The van der Waals surface area contributed by atoms with Crippen molar-refractivity contribution in [1.29, 1.82) is 0 Å². The maximum Gasteiger partial charge on any atom is 0.118 e. The third-order valence-electron chi connectivity index (χ3n) is 3.62. The van der Waals surface area contributed by atoms with Crippen LogP contribution in [-0.4, -0.2) is 7.11 Å². The van der Waals surface area contributed by atoms with E-state index in [1.165, 1.54) is 63.4 Å². The molecule has 1 radical (unpaired) electrons. The van der Waals surface area contributed by atoms with Crippen molar-refractivity contribution < 1.29 is 4.74 Å². The van der Waals surface area contributed by atoms with Crippen molar-refractivity contribution in [3.05, 3.63) is 36.8 Å². The Balaban J connectivity index is 1.95. The lowest BCUT2D eigenvalue weighted by Gasteiger charge is -2.04. The molecule has 0 N–H and O–H groups in total. The van der Waals surface area contributed by atoms with Gasteiger partial charge in [-0.3, -0.25) is 0 Å². The third kappa shape index (κ3) is 7.92. The second-order valence-corrected chi connectivity index (χ2v) is 5.28. The number of hydrogen-bond acceptors (Lipinski definition) is 1. The predicted octanol–water partition coefficient (Wildman–Crippen LogP) is 5.58. The summed E-state index contributed by atoms with van der Waals surface area (Å²) in [7, 11) is 1.71. The minimum atomic E-state index is 0.950. The number of ether oxygens (including phenoxy) is 1. The first-order valence-electron chi connectivity index (χ1n) is 7.79. The summed E-state index contributed by atoms with van der Waals surface area (Å²) in [6.45, 7) is 3.88. The standard InChI is InChI=1S/C18H29O/c1-3-4-5-6-7-8-9-10-11-12-17-13-15-18(19-2)16-14-17/h13-16H,1,3-12H2,2H3. The molecule has 0 saturated carbocycles. The van der Waals surface area contributed by atoms with Gasteiger partial charge >= 0.3 is 0 Å². The van der Waals surface area contributed by atoms with Crippen LogP contribution in [-0.2, 0) is 6.42 Å². The van der Waals surface area contributed by atoms with E-state index >= 15 is 0 Å². The van der Waals surface area contributed by atoms with Gasteiger partial charge in [0.25, 0.3) is 0 Å². The number of rotatable bonds is 11. The fourth-order valence-corrected chi connectivity index (χ4v) is 2.36. The molecule has 0 bridgehead atoms. The highest BCUT2D eigenvalue weighted by Crippen LogP contribution is 2.15. The number of benzene rings is 1. The summed E-state index contributed by atoms with van der Waals surface area (Å²) in [5.41, 5.74) is 1.43. The molecule has 0 aromatic heterocycles. The summed E-state index contributed by atoms with van der Waals surface area (Å²) in [5, 5.41) is 0. The van der Waals surface area contributed by atoms with Gasteiger partial charge in [-0.05, 0) is 30.5 Å². The Hall–Kier alpha value is -0.980. The molecule has 0 aliphatic rings. The van der Waals surface area contributed by atoms with Gasteiger partial charge in [0.15, 0.2) is 0 Å². The third-order valence-corrected chi connectivity index (χ3v) is 3.62. The first-order chi connectivity index (χ1) is 9.36. The van der Waals surface area contributed by atoms with Crippen molar-refractivity contribution in [1.82, 2.24) is 0 Å². The molecule has 0 atom stereocenters. The maximum absolute atomic E-state index is 5.16. The first kappa shape index (κ1) is 16.1. The van der Waals surface area contributed by atoms with E-state index in [4.69, 9.17) is 4.74 Å². The summed E-state index contributed by atoms with van der Waals surface area (Å²) in [6.07, 6.45) is 13.2. The molecular weight excluding hydrogens is 232 g/mol. The Morgan fingerprint density at radius 3 is 1.84 bits per heavy atom. The summed E-state index contributed by atoms with van der Waals surface area (Å²) < 4.78 is 5.16. The second kappa shape index (κ2) is 10.9. The summed E-state index contributed by atoms with van der Waals surface area (Å²) >= 11 is 0. The van der Waals surface area contributed by atoms with Crippen molar-refractivity contribution in [3.63, 3.8) is 0 Å². The monoisotopic (exact) mass is 261 g/mol. The molecule has 1 heteroatoms. The SMILES string of the molecule is [CH2]CCCCCCCCCCc1ccc(OC)cc1. The smallest absolute Gasteiger partial charge is 0.118 e. The van der Waals surface area contributed by atoms with Crippen LogP contribution in [0.2, 0.25) is 0 Å². The highest BCUT2D eigenvalue weighted by molar-refractivity contribution is 5.27. The van der Waals surface area contributed by atoms with Gasteiger partial charge in [0, 0.05) is 0 Å². The fourth-order valence-electron chi connectivity index (χ4n) is 2.36. The van der Waals surface area contributed by atoms with Crippen molar-refractivity contribution in [3.8, 4) is 5.75 Å². The molecule has 0 heterocycles. The highest BCUT2D eigenvalue weighted by Gasteiger charge is 1.96. The lowest BCUT2D eigenvalue weighted by atomic mass is 10.0. The van der Waals surface area contributed by atoms with Crippen LogP contribution in [0.15, 0.2) is 24.3 Å². The lowest BCUT2D eigenvalue weighted by Crippen LogP contribution is -1.88. The average Bonchev–Trinajstić information content (AvgIpc) is 2.46. The van der Waals surface area contributed by atoms with Crippen molar-refractivity contribution in [2.75, 3.05) is 7.11 Å². The normalized spacial score (nSPS) is 10.6. The Morgan fingerprint density at radius 1 is 0.789 bits per heavy atom. The van der Waals surface area contributed by atoms with E-state index in [0.29, 0.717) is 0 Å². The van der Waals surface area contributed by atoms with Gasteiger partial charge in [-0.2, -0.15) is 0 Å². The minimum Gasteiger partial charge on any atom is -0.497 e. The highest BCUT2D eigenvalue weighted by atomic mass is 16.5. The topological polar surface area (TPSA) is 9.23 Å². The minimum absolute atomic E-state index is 0.950. The molecule has 1 nitrogen and oxygen atoms in total. The number of unbranched alkanes of at least 4 members (excludes halogenated alkanes) is 8. The van der Waals surface area contributed by atoms with Gasteiger partial charge < -0.3 is 4.74 Å². The zero-order valence-corrected chi connectivity index (χ0v) is 12.5. The van der Waals surface area contributed by atoms with Gasteiger partial charge in [-0.25, -0.2) is 0 Å². The molecule has 1 aromatic rings. The van der Waals surface area contributed by atoms with Crippen LogP contribution in [0.3, 0.4) is 0 Å². The molecule has 19 heavy (non-hydrogen) atoms. The van der Waals surface area contributed by atoms with Crippen LogP contribution in [0.1, 0.15) is 63.4 Å². The number of aryl methyl sites for hydroxylation is 1. The Bertz CT molecular complexity index is 302. The van der Waals surface area contributed by atoms with Gasteiger partial charge in [-0.1, -0.05) is 70.4 Å². The van der Waals surface area contributed by atoms with Crippen molar-refractivity contribution in [2.24, 2.45) is 0 Å². The van der Waals surface area contributed by atoms with E-state index in [2.05, 4.69) is 31.2 Å². The Labute approximate surface area is 119 Å². The fraction of sp³-hybridized carbons (Fsp3) is 0.611. The van der Waals surface area contributed by atoms with Gasteiger partial charge in [0.2, 0.25) is 0 Å². The number of hydrogen-bond donors (Lipinski definition) is 0. The van der Waals surface area contributed by atoms with Gasteiger partial charge in [0.05, 0.1) is 7.11 Å². The zero-order valence-electron chi connectivity index (χ0n) is 12.5. The molecule has 0 fully saturated rings. The average molecular weight is 261 g/mol. The van der Waals surface area contributed by atoms with E-state index in [0.717, 1.165) is 12.2 Å². The maximum atomic E-state index is 5.16. The molecule has 0 amide bonds. The van der Waals surface area contributed by atoms with E-state index in [1.54, 1.807) is 7.11 Å². The Morgan fingerprint density at radius 2 is 1.32 bits per heavy atom. The van der Waals surface area contributed by atoms with E-state index in [-0.39, 0.29) is 0 Å². The summed E-state index contributed by atoms with van der Waals surface area (Å²) in [6, 6.07) is 8.46. The molecule has 0 aliphatic heterocycles. The van der Waals surface area contributed by atoms with E-state index in [9.17, 15) is 0 Å². The molecular formula is C18H29O. The van der Waals surface area contributed by atoms with Crippen LogP contribution in [0.5, 0.6) is 5.75 Å². The molecule has 0 spiro atoms. The summed E-state index contributed by atoms with van der Waals surface area (Å²) in [4.78, 5) is 0. The van der Waals surface area contributed by atoms with Crippen LogP contribution in [0.4, 0.5) is 0 Å². The molecule has 0 aliphatic carbocycles. The largest absolute Gasteiger partial charge is 0.497 e. The second-order valence-electron chi connectivity index (χ2n) is 5.28. The Kier molecular flexibility index (Phi) is 9.22. The molecule has 1 aromatic carbocycles. The van der Waals surface area contributed by atoms with E-state index < -0.39 is 0 Å². The van der Waals surface area contributed by atoms with Crippen LogP contribution >= 0.6 is 0 Å². The van der Waals surface area contributed by atoms with Crippen molar-refractivity contribution >= 4 is 0 Å². The number of methoxy groups -OCH3 is 1. The quantitative estimate of drug-likeness (QED) is 0.472.